The van der Waals surface area contributed by atoms with Crippen LogP contribution in [0.15, 0.2) is 17.5 Å². The van der Waals surface area contributed by atoms with Crippen molar-refractivity contribution in [2.45, 2.75) is 46.0 Å². The number of hydrogen-bond donors (Lipinski definition) is 1. The van der Waals surface area contributed by atoms with Crippen LogP contribution >= 0.6 is 11.3 Å². The maximum atomic E-state index is 4.67. The summed E-state index contributed by atoms with van der Waals surface area (Å²) in [5.74, 6) is 0. The molecule has 0 spiro atoms. The van der Waals surface area contributed by atoms with Gasteiger partial charge >= 0.3 is 0 Å². The van der Waals surface area contributed by atoms with Gasteiger partial charge in [0.1, 0.15) is 0 Å². The summed E-state index contributed by atoms with van der Waals surface area (Å²) in [6.45, 7) is 10.9. The Kier molecular flexibility index (Phi) is 5.86. The van der Waals surface area contributed by atoms with E-state index in [0.717, 1.165) is 25.9 Å². The SMILES string of the molecule is CCNCCC=CCc1nc(C(C)(C)C)cs1. The fourth-order valence-electron chi connectivity index (χ4n) is 1.41. The molecule has 17 heavy (non-hydrogen) atoms. The van der Waals surface area contributed by atoms with E-state index in [9.17, 15) is 0 Å². The Morgan fingerprint density at radius 3 is 2.71 bits per heavy atom. The lowest BCUT2D eigenvalue weighted by atomic mass is 9.93. The molecule has 1 aromatic rings. The van der Waals surface area contributed by atoms with E-state index in [-0.39, 0.29) is 5.41 Å². The fraction of sp³-hybridized carbons (Fsp3) is 0.643. The Morgan fingerprint density at radius 1 is 1.35 bits per heavy atom. The highest BCUT2D eigenvalue weighted by Crippen LogP contribution is 2.24. The van der Waals surface area contributed by atoms with Crippen molar-refractivity contribution in [3.63, 3.8) is 0 Å². The molecule has 0 amide bonds. The van der Waals surface area contributed by atoms with Gasteiger partial charge in [-0.1, -0.05) is 39.8 Å². The van der Waals surface area contributed by atoms with E-state index in [1.165, 1.54) is 10.7 Å². The van der Waals surface area contributed by atoms with Crippen molar-refractivity contribution in [2.75, 3.05) is 13.1 Å². The van der Waals surface area contributed by atoms with Crippen LogP contribution in [0.1, 0.15) is 44.8 Å². The highest BCUT2D eigenvalue weighted by Gasteiger charge is 2.16. The monoisotopic (exact) mass is 252 g/mol. The third-order valence-corrected chi connectivity index (χ3v) is 3.39. The first-order chi connectivity index (χ1) is 8.04. The molecule has 0 radical (unpaired) electrons. The topological polar surface area (TPSA) is 24.9 Å². The van der Waals surface area contributed by atoms with Gasteiger partial charge < -0.3 is 5.32 Å². The second-order valence-corrected chi connectivity index (χ2v) is 6.14. The second kappa shape index (κ2) is 6.92. The summed E-state index contributed by atoms with van der Waals surface area (Å²) in [6.07, 6.45) is 6.53. The standard InChI is InChI=1S/C14H24N2S/c1-5-15-10-8-6-7-9-13-16-12(11-17-13)14(2,3)4/h6-7,11,15H,5,8-10H2,1-4H3. The highest BCUT2D eigenvalue weighted by atomic mass is 32.1. The first-order valence-corrected chi connectivity index (χ1v) is 7.22. The van der Waals surface area contributed by atoms with Crippen molar-refractivity contribution in [3.05, 3.63) is 28.2 Å². The lowest BCUT2D eigenvalue weighted by Gasteiger charge is -2.14. The van der Waals surface area contributed by atoms with Crippen LogP contribution in [0.25, 0.3) is 0 Å². The van der Waals surface area contributed by atoms with E-state index in [1.54, 1.807) is 11.3 Å². The van der Waals surface area contributed by atoms with Gasteiger partial charge in [-0.05, 0) is 19.5 Å². The van der Waals surface area contributed by atoms with Gasteiger partial charge in [-0.2, -0.15) is 0 Å². The number of allylic oxidation sites excluding steroid dienone is 1. The number of nitrogens with one attached hydrogen (secondary N) is 1. The summed E-state index contributed by atoms with van der Waals surface area (Å²) >= 11 is 1.77. The minimum atomic E-state index is 0.170. The Morgan fingerprint density at radius 2 is 2.12 bits per heavy atom. The number of aromatic nitrogens is 1. The average molecular weight is 252 g/mol. The molecule has 3 heteroatoms. The lowest BCUT2D eigenvalue weighted by Crippen LogP contribution is -2.12. The minimum Gasteiger partial charge on any atom is -0.317 e. The van der Waals surface area contributed by atoms with E-state index in [1.807, 2.05) is 0 Å². The average Bonchev–Trinajstić information content (AvgIpc) is 2.71. The van der Waals surface area contributed by atoms with Gasteiger partial charge in [0.25, 0.3) is 0 Å². The third kappa shape index (κ3) is 5.46. The van der Waals surface area contributed by atoms with Crippen molar-refractivity contribution in [1.29, 1.82) is 0 Å². The van der Waals surface area contributed by atoms with Crippen LogP contribution in [0, 0.1) is 0 Å². The molecule has 0 aliphatic heterocycles. The van der Waals surface area contributed by atoms with Crippen LogP contribution in [0.3, 0.4) is 0 Å². The van der Waals surface area contributed by atoms with E-state index in [2.05, 4.69) is 55.5 Å². The molecular weight excluding hydrogens is 228 g/mol. The van der Waals surface area contributed by atoms with Crippen LogP contribution < -0.4 is 5.32 Å². The summed E-state index contributed by atoms with van der Waals surface area (Å²) in [4.78, 5) is 4.67. The summed E-state index contributed by atoms with van der Waals surface area (Å²) in [6, 6.07) is 0. The van der Waals surface area contributed by atoms with Gasteiger partial charge in [-0.3, -0.25) is 0 Å². The molecule has 0 unspecified atom stereocenters. The number of hydrogen-bond acceptors (Lipinski definition) is 3. The van der Waals surface area contributed by atoms with Gasteiger partial charge in [-0.25, -0.2) is 4.98 Å². The second-order valence-electron chi connectivity index (χ2n) is 5.19. The summed E-state index contributed by atoms with van der Waals surface area (Å²) in [5, 5.41) is 6.71. The molecule has 0 saturated heterocycles. The van der Waals surface area contributed by atoms with Crippen LogP contribution in [0.2, 0.25) is 0 Å². The Hall–Kier alpha value is -0.670. The van der Waals surface area contributed by atoms with Gasteiger partial charge in [0.05, 0.1) is 10.7 Å². The molecule has 0 aromatic carbocycles. The molecule has 1 rings (SSSR count). The van der Waals surface area contributed by atoms with E-state index in [0.29, 0.717) is 0 Å². The summed E-state index contributed by atoms with van der Waals surface area (Å²) in [5.41, 5.74) is 1.38. The first-order valence-electron chi connectivity index (χ1n) is 6.34. The normalized spacial score (nSPS) is 12.5. The molecule has 0 aliphatic rings. The highest BCUT2D eigenvalue weighted by molar-refractivity contribution is 7.09. The molecule has 0 saturated carbocycles. The molecule has 0 aliphatic carbocycles. The molecule has 0 fully saturated rings. The Bertz CT molecular complexity index is 347. The van der Waals surface area contributed by atoms with E-state index < -0.39 is 0 Å². The molecule has 0 atom stereocenters. The fourth-order valence-corrected chi connectivity index (χ4v) is 2.41. The molecule has 0 bridgehead atoms. The van der Waals surface area contributed by atoms with Gasteiger partial charge in [0.2, 0.25) is 0 Å². The zero-order chi connectivity index (χ0) is 12.7. The number of rotatable bonds is 6. The van der Waals surface area contributed by atoms with Crippen LogP contribution in [0.4, 0.5) is 0 Å². The minimum absolute atomic E-state index is 0.170. The van der Waals surface area contributed by atoms with Crippen molar-refractivity contribution >= 4 is 11.3 Å². The quantitative estimate of drug-likeness (QED) is 0.619. The van der Waals surface area contributed by atoms with Gasteiger partial charge in [0.15, 0.2) is 0 Å². The molecule has 1 aromatic heterocycles. The van der Waals surface area contributed by atoms with Crippen molar-refractivity contribution in [3.8, 4) is 0 Å². The first kappa shape index (κ1) is 14.4. The Balaban J connectivity index is 2.35. The summed E-state index contributed by atoms with van der Waals surface area (Å²) in [7, 11) is 0. The largest absolute Gasteiger partial charge is 0.317 e. The lowest BCUT2D eigenvalue weighted by molar-refractivity contribution is 0.571. The van der Waals surface area contributed by atoms with Crippen molar-refractivity contribution in [2.24, 2.45) is 0 Å². The Labute approximate surface area is 109 Å². The molecular formula is C14H24N2S. The smallest absolute Gasteiger partial charge is 0.0966 e. The number of nitrogens with zero attached hydrogens (tertiary/aromatic N) is 1. The van der Waals surface area contributed by atoms with Gasteiger partial charge in [0, 0.05) is 17.2 Å². The maximum absolute atomic E-state index is 4.67. The predicted octanol–water partition coefficient (Wildman–Crippen LogP) is 3.54. The predicted molar refractivity (Wildman–Crippen MR) is 76.8 cm³/mol. The van der Waals surface area contributed by atoms with Crippen LogP contribution in [-0.4, -0.2) is 18.1 Å². The van der Waals surface area contributed by atoms with Crippen molar-refractivity contribution in [1.82, 2.24) is 10.3 Å². The molecule has 1 N–H and O–H groups in total. The number of thiazole rings is 1. The van der Waals surface area contributed by atoms with Crippen LogP contribution in [0.5, 0.6) is 0 Å². The van der Waals surface area contributed by atoms with E-state index in [4.69, 9.17) is 0 Å². The van der Waals surface area contributed by atoms with Gasteiger partial charge in [-0.15, -0.1) is 11.3 Å². The zero-order valence-corrected chi connectivity index (χ0v) is 12.2. The van der Waals surface area contributed by atoms with E-state index >= 15 is 0 Å². The third-order valence-electron chi connectivity index (χ3n) is 2.52. The van der Waals surface area contributed by atoms with Crippen LogP contribution in [-0.2, 0) is 11.8 Å². The zero-order valence-electron chi connectivity index (χ0n) is 11.4. The van der Waals surface area contributed by atoms with Crippen molar-refractivity contribution < 1.29 is 0 Å². The summed E-state index contributed by atoms with van der Waals surface area (Å²) < 4.78 is 0. The molecule has 96 valence electrons. The molecule has 2 nitrogen and oxygen atoms in total. The maximum Gasteiger partial charge on any atom is 0.0966 e. The molecule has 1 heterocycles.